The van der Waals surface area contributed by atoms with Crippen LogP contribution >= 0.6 is 0 Å². The van der Waals surface area contributed by atoms with Gasteiger partial charge in [0.05, 0.1) is 11.8 Å². The third-order valence-electron chi connectivity index (χ3n) is 3.09. The quantitative estimate of drug-likeness (QED) is 0.794. The van der Waals surface area contributed by atoms with Crippen LogP contribution < -0.4 is 10.6 Å². The molecule has 6 heteroatoms. The lowest BCUT2D eigenvalue weighted by Crippen LogP contribution is -2.30. The average molecular weight is 306 g/mol. The summed E-state index contributed by atoms with van der Waals surface area (Å²) in [5.41, 5.74) is 0.516. The van der Waals surface area contributed by atoms with Crippen LogP contribution in [0.5, 0.6) is 0 Å². The van der Waals surface area contributed by atoms with Gasteiger partial charge in [0.25, 0.3) is 0 Å². The van der Waals surface area contributed by atoms with Gasteiger partial charge in [-0.2, -0.15) is 0 Å². The number of nitrogens with one attached hydrogen (secondary N) is 2. The third-order valence-corrected chi connectivity index (χ3v) is 3.09. The molecule has 0 aliphatic heterocycles. The van der Waals surface area contributed by atoms with Gasteiger partial charge in [0, 0.05) is 6.54 Å². The van der Waals surface area contributed by atoms with E-state index in [1.54, 1.807) is 12.1 Å². The lowest BCUT2D eigenvalue weighted by molar-refractivity contribution is 0.167. The topological polar surface area (TPSA) is 61.4 Å². The zero-order valence-corrected chi connectivity index (χ0v) is 11.7. The van der Waals surface area contributed by atoms with E-state index in [1.165, 1.54) is 12.1 Å². The van der Waals surface area contributed by atoms with Crippen molar-refractivity contribution in [2.24, 2.45) is 0 Å². The lowest BCUT2D eigenvalue weighted by atomic mass is 10.1. The van der Waals surface area contributed by atoms with Crippen LogP contribution in [0.4, 0.5) is 19.3 Å². The fraction of sp³-hybridized carbons (Fsp3) is 0.188. The van der Waals surface area contributed by atoms with Crippen LogP contribution in [-0.2, 0) is 0 Å². The molecule has 0 radical (unpaired) electrons. The van der Waals surface area contributed by atoms with Crippen molar-refractivity contribution < 1.29 is 18.7 Å². The second-order valence-corrected chi connectivity index (χ2v) is 4.70. The van der Waals surface area contributed by atoms with Crippen LogP contribution in [0.1, 0.15) is 18.1 Å². The molecular formula is C16H16F2N2O2. The number of aliphatic hydroxyl groups excluding tert-OH is 1. The Morgan fingerprint density at radius 3 is 2.55 bits per heavy atom. The predicted molar refractivity (Wildman–Crippen MR) is 79.4 cm³/mol. The minimum absolute atomic E-state index is 0.193. The number of halogens is 2. The van der Waals surface area contributed by atoms with Gasteiger partial charge in [-0.05, 0) is 24.1 Å². The number of benzene rings is 2. The van der Waals surface area contributed by atoms with Crippen LogP contribution in [0.25, 0.3) is 0 Å². The SMILES string of the molecule is O=C(NCCC(O)c1ccccc1)Nc1cccc(F)c1F. The minimum atomic E-state index is -1.11. The number of hydrogen-bond donors (Lipinski definition) is 3. The molecule has 4 nitrogen and oxygen atoms in total. The van der Waals surface area contributed by atoms with Crippen LogP contribution in [0.2, 0.25) is 0 Å². The molecule has 0 saturated heterocycles. The van der Waals surface area contributed by atoms with Gasteiger partial charge in [-0.3, -0.25) is 0 Å². The van der Waals surface area contributed by atoms with E-state index in [2.05, 4.69) is 10.6 Å². The van der Waals surface area contributed by atoms with Crippen molar-refractivity contribution in [1.82, 2.24) is 5.32 Å². The maximum Gasteiger partial charge on any atom is 0.319 e. The third kappa shape index (κ3) is 4.26. The lowest BCUT2D eigenvalue weighted by Gasteiger charge is -2.12. The second-order valence-electron chi connectivity index (χ2n) is 4.70. The molecule has 22 heavy (non-hydrogen) atoms. The molecule has 0 aliphatic carbocycles. The molecular weight excluding hydrogens is 290 g/mol. The Kier molecular flexibility index (Phi) is 5.43. The number of carbonyl (C=O) groups excluding carboxylic acids is 1. The summed E-state index contributed by atoms with van der Waals surface area (Å²) >= 11 is 0. The second kappa shape index (κ2) is 7.51. The van der Waals surface area contributed by atoms with Gasteiger partial charge in [-0.25, -0.2) is 13.6 Å². The first kappa shape index (κ1) is 15.9. The number of carbonyl (C=O) groups is 1. The normalized spacial score (nSPS) is 11.8. The summed E-state index contributed by atoms with van der Waals surface area (Å²) in [5, 5.41) is 14.6. The van der Waals surface area contributed by atoms with Gasteiger partial charge in [-0.1, -0.05) is 36.4 Å². The van der Waals surface area contributed by atoms with Crippen LogP contribution in [0, 0.1) is 11.6 Å². The Morgan fingerprint density at radius 2 is 1.82 bits per heavy atom. The van der Waals surface area contributed by atoms with E-state index in [1.807, 2.05) is 18.2 Å². The Hall–Kier alpha value is -2.47. The summed E-state index contributed by atoms with van der Waals surface area (Å²) in [6.45, 7) is 0.193. The number of anilines is 1. The molecule has 2 amide bonds. The average Bonchev–Trinajstić information content (AvgIpc) is 2.52. The van der Waals surface area contributed by atoms with Crippen molar-refractivity contribution in [3.63, 3.8) is 0 Å². The van der Waals surface area contributed by atoms with Crippen molar-refractivity contribution in [3.05, 3.63) is 65.7 Å². The van der Waals surface area contributed by atoms with E-state index in [9.17, 15) is 18.7 Å². The molecule has 0 bridgehead atoms. The molecule has 0 heterocycles. The maximum atomic E-state index is 13.4. The minimum Gasteiger partial charge on any atom is -0.388 e. The fourth-order valence-electron chi connectivity index (χ4n) is 1.93. The summed E-state index contributed by atoms with van der Waals surface area (Å²) in [6, 6.07) is 11.9. The highest BCUT2D eigenvalue weighted by Gasteiger charge is 2.11. The molecule has 2 rings (SSSR count). The van der Waals surface area contributed by atoms with Crippen molar-refractivity contribution in [2.45, 2.75) is 12.5 Å². The molecule has 2 aromatic carbocycles. The highest BCUT2D eigenvalue weighted by Crippen LogP contribution is 2.17. The van der Waals surface area contributed by atoms with E-state index in [0.29, 0.717) is 6.42 Å². The van der Waals surface area contributed by atoms with Gasteiger partial charge in [0.2, 0.25) is 0 Å². The zero-order valence-electron chi connectivity index (χ0n) is 11.7. The number of hydrogen-bond acceptors (Lipinski definition) is 2. The molecule has 1 atom stereocenters. The van der Waals surface area contributed by atoms with E-state index in [4.69, 9.17) is 0 Å². The first-order chi connectivity index (χ1) is 10.6. The largest absolute Gasteiger partial charge is 0.388 e. The van der Waals surface area contributed by atoms with Crippen molar-refractivity contribution >= 4 is 11.7 Å². The van der Waals surface area contributed by atoms with Gasteiger partial charge in [-0.15, -0.1) is 0 Å². The fourth-order valence-corrected chi connectivity index (χ4v) is 1.93. The van der Waals surface area contributed by atoms with Gasteiger partial charge >= 0.3 is 6.03 Å². The molecule has 0 spiro atoms. The van der Waals surface area contributed by atoms with E-state index in [0.717, 1.165) is 11.6 Å². The number of rotatable bonds is 5. The first-order valence-electron chi connectivity index (χ1n) is 6.80. The maximum absolute atomic E-state index is 13.4. The van der Waals surface area contributed by atoms with Gasteiger partial charge in [0.1, 0.15) is 0 Å². The predicted octanol–water partition coefficient (Wildman–Crippen LogP) is 3.21. The summed E-state index contributed by atoms with van der Waals surface area (Å²) < 4.78 is 26.4. The Labute approximate surface area is 126 Å². The molecule has 2 aromatic rings. The molecule has 116 valence electrons. The van der Waals surface area contributed by atoms with Gasteiger partial charge in [0.15, 0.2) is 11.6 Å². The Balaban J connectivity index is 1.80. The van der Waals surface area contributed by atoms with Crippen molar-refractivity contribution in [2.75, 3.05) is 11.9 Å². The van der Waals surface area contributed by atoms with Gasteiger partial charge < -0.3 is 15.7 Å². The van der Waals surface area contributed by atoms with E-state index < -0.39 is 23.8 Å². The Bertz CT molecular complexity index is 635. The highest BCUT2D eigenvalue weighted by atomic mass is 19.2. The number of aliphatic hydroxyl groups is 1. The number of amides is 2. The van der Waals surface area contributed by atoms with Crippen molar-refractivity contribution in [1.29, 1.82) is 0 Å². The first-order valence-corrected chi connectivity index (χ1v) is 6.80. The van der Waals surface area contributed by atoms with Crippen LogP contribution in [0.15, 0.2) is 48.5 Å². The summed E-state index contributed by atoms with van der Waals surface area (Å²) in [6.07, 6.45) is -0.393. The van der Waals surface area contributed by atoms with E-state index in [-0.39, 0.29) is 12.2 Å². The molecule has 3 N–H and O–H groups in total. The Morgan fingerprint density at radius 1 is 1.09 bits per heavy atom. The van der Waals surface area contributed by atoms with E-state index >= 15 is 0 Å². The zero-order chi connectivity index (χ0) is 15.9. The molecule has 0 saturated carbocycles. The molecule has 0 aromatic heterocycles. The van der Waals surface area contributed by atoms with Crippen LogP contribution in [-0.4, -0.2) is 17.7 Å². The monoisotopic (exact) mass is 306 g/mol. The standard InChI is InChI=1S/C16H16F2N2O2/c17-12-7-4-8-13(15(12)18)20-16(22)19-10-9-14(21)11-5-2-1-3-6-11/h1-8,14,21H,9-10H2,(H2,19,20,22). The summed E-state index contributed by atoms with van der Waals surface area (Å²) in [4.78, 5) is 11.6. The van der Waals surface area contributed by atoms with Crippen LogP contribution in [0.3, 0.4) is 0 Å². The van der Waals surface area contributed by atoms with Crippen molar-refractivity contribution in [3.8, 4) is 0 Å². The summed E-state index contributed by atoms with van der Waals surface area (Å²) in [7, 11) is 0. The molecule has 1 unspecified atom stereocenters. The highest BCUT2D eigenvalue weighted by molar-refractivity contribution is 5.89. The molecule has 0 aliphatic rings. The smallest absolute Gasteiger partial charge is 0.319 e. The number of urea groups is 1. The molecule has 0 fully saturated rings. The summed E-state index contributed by atoms with van der Waals surface area (Å²) in [5.74, 6) is -2.14.